The second kappa shape index (κ2) is 3.27. The third-order valence-corrected chi connectivity index (χ3v) is 3.33. The van der Waals surface area contributed by atoms with Crippen molar-refractivity contribution in [3.63, 3.8) is 0 Å². The molecule has 72 valence electrons. The Balaban J connectivity index is 2.83. The van der Waals surface area contributed by atoms with Crippen molar-refractivity contribution in [1.82, 2.24) is 0 Å². The molecule has 0 radical (unpaired) electrons. The first-order valence-electron chi connectivity index (χ1n) is 4.23. The zero-order chi connectivity index (χ0) is 10.3. The molecule has 0 saturated heterocycles. The van der Waals surface area contributed by atoms with Crippen LogP contribution >= 0.6 is 11.3 Å². The number of nitrogen functional groups attached to an aromatic ring is 1. The van der Waals surface area contributed by atoms with Crippen LogP contribution in [-0.2, 0) is 0 Å². The molecular formula is C9H10BNO2S. The number of fused-ring (bicyclic) bond motifs is 1. The summed E-state index contributed by atoms with van der Waals surface area (Å²) in [5.74, 6) is 0. The summed E-state index contributed by atoms with van der Waals surface area (Å²) in [4.78, 5) is 0. The van der Waals surface area contributed by atoms with Crippen LogP contribution in [0.5, 0.6) is 0 Å². The SMILES string of the molecule is Cc1ccc2c(N)csc2c1B(O)O. The van der Waals surface area contributed by atoms with E-state index in [0.717, 1.165) is 15.6 Å². The number of thiophene rings is 1. The molecule has 0 fully saturated rings. The summed E-state index contributed by atoms with van der Waals surface area (Å²) in [6, 6.07) is 3.75. The maximum Gasteiger partial charge on any atom is 0.490 e. The van der Waals surface area contributed by atoms with Crippen LogP contribution in [0.15, 0.2) is 17.5 Å². The van der Waals surface area contributed by atoms with E-state index in [9.17, 15) is 10.0 Å². The number of hydrogen-bond acceptors (Lipinski definition) is 4. The van der Waals surface area contributed by atoms with E-state index in [-0.39, 0.29) is 0 Å². The van der Waals surface area contributed by atoms with Gasteiger partial charge in [0.25, 0.3) is 0 Å². The zero-order valence-corrected chi connectivity index (χ0v) is 8.51. The fourth-order valence-electron chi connectivity index (χ4n) is 1.56. The minimum atomic E-state index is -1.43. The van der Waals surface area contributed by atoms with Crippen molar-refractivity contribution in [2.45, 2.75) is 6.92 Å². The lowest BCUT2D eigenvalue weighted by Gasteiger charge is -2.05. The van der Waals surface area contributed by atoms with Gasteiger partial charge in [-0.1, -0.05) is 12.1 Å². The van der Waals surface area contributed by atoms with Crippen LogP contribution in [-0.4, -0.2) is 17.2 Å². The van der Waals surface area contributed by atoms with Gasteiger partial charge < -0.3 is 15.8 Å². The summed E-state index contributed by atoms with van der Waals surface area (Å²) in [6.45, 7) is 1.85. The van der Waals surface area contributed by atoms with E-state index >= 15 is 0 Å². The van der Waals surface area contributed by atoms with E-state index in [1.807, 2.05) is 24.4 Å². The Labute approximate surface area is 85.9 Å². The molecule has 4 N–H and O–H groups in total. The Morgan fingerprint density at radius 1 is 1.36 bits per heavy atom. The molecule has 1 heterocycles. The highest BCUT2D eigenvalue weighted by Gasteiger charge is 2.19. The molecule has 0 amide bonds. The number of hydrogen-bond donors (Lipinski definition) is 3. The molecule has 3 nitrogen and oxygen atoms in total. The summed E-state index contributed by atoms with van der Waals surface area (Å²) >= 11 is 1.44. The van der Waals surface area contributed by atoms with Crippen molar-refractivity contribution in [3.8, 4) is 0 Å². The predicted octanol–water partition coefficient (Wildman–Crippen LogP) is 0.472. The first-order chi connectivity index (χ1) is 6.61. The topological polar surface area (TPSA) is 66.5 Å². The molecule has 0 spiro atoms. The van der Waals surface area contributed by atoms with E-state index in [1.54, 1.807) is 0 Å². The van der Waals surface area contributed by atoms with Crippen LogP contribution in [0.3, 0.4) is 0 Å². The van der Waals surface area contributed by atoms with Crippen molar-refractivity contribution in [2.75, 3.05) is 5.73 Å². The summed E-state index contributed by atoms with van der Waals surface area (Å²) in [7, 11) is -1.43. The molecule has 0 aliphatic heterocycles. The van der Waals surface area contributed by atoms with E-state index in [4.69, 9.17) is 5.73 Å². The molecule has 2 aromatic rings. The number of anilines is 1. The van der Waals surface area contributed by atoms with Gasteiger partial charge in [0.2, 0.25) is 0 Å². The normalized spacial score (nSPS) is 10.8. The summed E-state index contributed by atoms with van der Waals surface area (Å²) < 4.78 is 0.859. The molecule has 2 rings (SSSR count). The average molecular weight is 207 g/mol. The number of aryl methyl sites for hydroxylation is 1. The Bertz CT molecular complexity index is 481. The van der Waals surface area contributed by atoms with Gasteiger partial charge in [0.1, 0.15) is 0 Å². The highest BCUT2D eigenvalue weighted by molar-refractivity contribution is 7.19. The van der Waals surface area contributed by atoms with E-state index in [0.29, 0.717) is 11.2 Å². The second-order valence-electron chi connectivity index (χ2n) is 3.24. The Morgan fingerprint density at radius 2 is 2.07 bits per heavy atom. The van der Waals surface area contributed by atoms with Crippen LogP contribution in [0.4, 0.5) is 5.69 Å². The van der Waals surface area contributed by atoms with Gasteiger partial charge in [-0.15, -0.1) is 11.3 Å². The molecule has 1 aromatic heterocycles. The highest BCUT2D eigenvalue weighted by atomic mass is 32.1. The van der Waals surface area contributed by atoms with Crippen molar-refractivity contribution in [1.29, 1.82) is 0 Å². The minimum Gasteiger partial charge on any atom is -0.423 e. The van der Waals surface area contributed by atoms with E-state index in [1.165, 1.54) is 11.3 Å². The molecular weight excluding hydrogens is 197 g/mol. The maximum atomic E-state index is 9.23. The Hall–Kier alpha value is -1.04. The number of nitrogens with two attached hydrogens (primary N) is 1. The van der Waals surface area contributed by atoms with Crippen LogP contribution in [0, 0.1) is 6.92 Å². The summed E-state index contributed by atoms with van der Waals surface area (Å²) in [6.07, 6.45) is 0. The van der Waals surface area contributed by atoms with Gasteiger partial charge in [-0.3, -0.25) is 0 Å². The molecule has 0 unspecified atom stereocenters. The largest absolute Gasteiger partial charge is 0.490 e. The fraction of sp³-hybridized carbons (Fsp3) is 0.111. The van der Waals surface area contributed by atoms with Crippen LogP contribution < -0.4 is 11.2 Å². The van der Waals surface area contributed by atoms with Crippen LogP contribution in [0.2, 0.25) is 0 Å². The van der Waals surface area contributed by atoms with Gasteiger partial charge in [-0.05, 0) is 12.5 Å². The van der Waals surface area contributed by atoms with E-state index in [2.05, 4.69) is 0 Å². The van der Waals surface area contributed by atoms with Gasteiger partial charge >= 0.3 is 7.12 Å². The standard InChI is InChI=1S/C9H10BNO2S/c1-5-2-3-6-7(11)4-14-9(6)8(5)10(12)13/h2-4,12-13H,11H2,1H3. The third-order valence-electron chi connectivity index (χ3n) is 2.29. The number of rotatable bonds is 1. The molecule has 5 heteroatoms. The lowest BCUT2D eigenvalue weighted by Crippen LogP contribution is -2.32. The monoisotopic (exact) mass is 207 g/mol. The molecule has 0 aliphatic carbocycles. The quantitative estimate of drug-likeness (QED) is 0.595. The number of benzene rings is 1. The first kappa shape index (κ1) is 9.52. The molecule has 1 aromatic carbocycles. The molecule has 0 saturated carbocycles. The predicted molar refractivity (Wildman–Crippen MR) is 60.8 cm³/mol. The van der Waals surface area contributed by atoms with Gasteiger partial charge in [-0.2, -0.15) is 0 Å². The summed E-state index contributed by atoms with van der Waals surface area (Å²) in [5, 5.41) is 21.2. The highest BCUT2D eigenvalue weighted by Crippen LogP contribution is 2.27. The lowest BCUT2D eigenvalue weighted by atomic mass is 9.77. The molecule has 14 heavy (non-hydrogen) atoms. The van der Waals surface area contributed by atoms with E-state index < -0.39 is 7.12 Å². The third kappa shape index (κ3) is 1.30. The second-order valence-corrected chi connectivity index (χ2v) is 4.12. The Kier molecular flexibility index (Phi) is 2.22. The lowest BCUT2D eigenvalue weighted by molar-refractivity contribution is 0.426. The minimum absolute atomic E-state index is 0.559. The molecule has 0 bridgehead atoms. The smallest absolute Gasteiger partial charge is 0.423 e. The van der Waals surface area contributed by atoms with Crippen molar-refractivity contribution in [3.05, 3.63) is 23.1 Å². The fourth-order valence-corrected chi connectivity index (χ4v) is 2.64. The summed E-state index contributed by atoms with van der Waals surface area (Å²) in [5.41, 5.74) is 7.86. The van der Waals surface area contributed by atoms with Gasteiger partial charge in [0.05, 0.1) is 5.69 Å². The maximum absolute atomic E-state index is 9.23. The van der Waals surface area contributed by atoms with Crippen molar-refractivity contribution >= 4 is 39.7 Å². The van der Waals surface area contributed by atoms with Crippen molar-refractivity contribution in [2.24, 2.45) is 0 Å². The van der Waals surface area contributed by atoms with Gasteiger partial charge in [0, 0.05) is 20.9 Å². The average Bonchev–Trinajstić information content (AvgIpc) is 2.47. The molecule has 0 aliphatic rings. The van der Waals surface area contributed by atoms with Crippen molar-refractivity contribution < 1.29 is 10.0 Å². The first-order valence-corrected chi connectivity index (χ1v) is 5.11. The Morgan fingerprint density at radius 3 is 2.71 bits per heavy atom. The molecule has 0 atom stereocenters. The van der Waals surface area contributed by atoms with Crippen LogP contribution in [0.1, 0.15) is 5.56 Å². The van der Waals surface area contributed by atoms with Crippen LogP contribution in [0.25, 0.3) is 10.1 Å². The van der Waals surface area contributed by atoms with Gasteiger partial charge in [-0.25, -0.2) is 0 Å². The zero-order valence-electron chi connectivity index (χ0n) is 7.69. The van der Waals surface area contributed by atoms with Gasteiger partial charge in [0.15, 0.2) is 0 Å².